The molecule has 0 saturated carbocycles. The van der Waals surface area contributed by atoms with E-state index in [-0.39, 0.29) is 0 Å². The van der Waals surface area contributed by atoms with Crippen molar-refractivity contribution < 1.29 is 0 Å². The number of nitrogen functional groups attached to an aromatic ring is 1. The van der Waals surface area contributed by atoms with E-state index in [0.717, 1.165) is 18.1 Å². The third-order valence-electron chi connectivity index (χ3n) is 2.42. The summed E-state index contributed by atoms with van der Waals surface area (Å²) in [6.45, 7) is 2.80. The highest BCUT2D eigenvalue weighted by Crippen LogP contribution is 2.22. The van der Waals surface area contributed by atoms with Crippen molar-refractivity contribution in [2.75, 3.05) is 17.7 Å². The van der Waals surface area contributed by atoms with E-state index in [1.807, 2.05) is 37.6 Å². The lowest BCUT2D eigenvalue weighted by molar-refractivity contribution is 0.752. The first-order valence-electron chi connectivity index (χ1n) is 4.97. The molecule has 0 amide bonds. The zero-order valence-corrected chi connectivity index (χ0v) is 10.5. The third kappa shape index (κ3) is 2.01. The second kappa shape index (κ2) is 4.13. The van der Waals surface area contributed by atoms with Crippen LogP contribution in [0.2, 0.25) is 0 Å². The van der Waals surface area contributed by atoms with E-state index >= 15 is 0 Å². The van der Waals surface area contributed by atoms with Gasteiger partial charge in [-0.1, -0.05) is 0 Å². The summed E-state index contributed by atoms with van der Waals surface area (Å²) in [6, 6.07) is 0. The number of anilines is 2. The van der Waals surface area contributed by atoms with Crippen LogP contribution in [0.4, 0.5) is 11.5 Å². The summed E-state index contributed by atoms with van der Waals surface area (Å²) in [6.07, 6.45) is 1.81. The number of nitrogens with two attached hydrogens (primary N) is 1. The van der Waals surface area contributed by atoms with E-state index in [1.54, 1.807) is 16.0 Å². The van der Waals surface area contributed by atoms with Gasteiger partial charge in [-0.25, -0.2) is 4.98 Å². The van der Waals surface area contributed by atoms with Gasteiger partial charge in [0.2, 0.25) is 0 Å². The van der Waals surface area contributed by atoms with Crippen molar-refractivity contribution in [1.82, 2.24) is 14.8 Å². The van der Waals surface area contributed by atoms with Crippen LogP contribution >= 0.6 is 11.3 Å². The Balaban J connectivity index is 2.17. The Labute approximate surface area is 98.5 Å². The van der Waals surface area contributed by atoms with Gasteiger partial charge in [0.25, 0.3) is 0 Å². The first kappa shape index (κ1) is 10.9. The first-order valence-corrected chi connectivity index (χ1v) is 5.85. The molecule has 0 fully saturated rings. The lowest BCUT2D eigenvalue weighted by Crippen LogP contribution is -2.18. The van der Waals surface area contributed by atoms with Crippen LogP contribution in [0.3, 0.4) is 0 Å². The van der Waals surface area contributed by atoms with Crippen LogP contribution in [-0.2, 0) is 13.6 Å². The number of rotatable bonds is 3. The molecule has 2 rings (SSSR count). The van der Waals surface area contributed by atoms with E-state index in [2.05, 4.69) is 10.1 Å². The van der Waals surface area contributed by atoms with Gasteiger partial charge in [-0.2, -0.15) is 5.10 Å². The lowest BCUT2D eigenvalue weighted by atomic mass is 10.3. The minimum Gasteiger partial charge on any atom is -0.394 e. The minimum atomic E-state index is 0.701. The van der Waals surface area contributed by atoms with E-state index in [4.69, 9.17) is 5.73 Å². The van der Waals surface area contributed by atoms with E-state index in [9.17, 15) is 0 Å². The molecular weight excluding hydrogens is 222 g/mol. The molecule has 16 heavy (non-hydrogen) atoms. The molecule has 2 aromatic rings. The lowest BCUT2D eigenvalue weighted by Gasteiger charge is -2.16. The average Bonchev–Trinajstić information content (AvgIpc) is 2.74. The maximum atomic E-state index is 5.87. The standard InChI is InChI=1S/C10H15N5S/c1-7-9(16-6-12-7)5-14(2)10-8(11)4-15(3)13-10/h4,6H,5,11H2,1-3H3. The third-order valence-corrected chi connectivity index (χ3v) is 3.34. The number of hydrogen-bond donors (Lipinski definition) is 1. The molecule has 0 aliphatic heterocycles. The topological polar surface area (TPSA) is 60.0 Å². The van der Waals surface area contributed by atoms with Crippen molar-refractivity contribution in [3.8, 4) is 0 Å². The fraction of sp³-hybridized carbons (Fsp3) is 0.400. The molecule has 0 aliphatic carbocycles. The second-order valence-electron chi connectivity index (χ2n) is 3.80. The van der Waals surface area contributed by atoms with Crippen molar-refractivity contribution in [3.63, 3.8) is 0 Å². The van der Waals surface area contributed by atoms with Crippen molar-refractivity contribution >= 4 is 22.8 Å². The summed E-state index contributed by atoms with van der Waals surface area (Å²) in [5.41, 5.74) is 9.51. The maximum absolute atomic E-state index is 5.87. The SMILES string of the molecule is Cc1ncsc1CN(C)c1nn(C)cc1N. The average molecular weight is 237 g/mol. The Hall–Kier alpha value is -1.56. The van der Waals surface area contributed by atoms with Gasteiger partial charge in [-0.15, -0.1) is 11.3 Å². The van der Waals surface area contributed by atoms with Crippen molar-refractivity contribution in [2.24, 2.45) is 7.05 Å². The molecular formula is C10H15N5S. The molecule has 6 heteroatoms. The second-order valence-corrected chi connectivity index (χ2v) is 4.74. The van der Waals surface area contributed by atoms with Crippen molar-refractivity contribution in [3.05, 3.63) is 22.3 Å². The molecule has 0 saturated heterocycles. The smallest absolute Gasteiger partial charge is 0.173 e. The van der Waals surface area contributed by atoms with Crippen LogP contribution in [-0.4, -0.2) is 21.8 Å². The van der Waals surface area contributed by atoms with Crippen LogP contribution in [0.5, 0.6) is 0 Å². The predicted octanol–water partition coefficient (Wildman–Crippen LogP) is 1.40. The van der Waals surface area contributed by atoms with Crippen molar-refractivity contribution in [1.29, 1.82) is 0 Å². The van der Waals surface area contributed by atoms with Gasteiger partial charge in [0.05, 0.1) is 23.4 Å². The van der Waals surface area contributed by atoms with Gasteiger partial charge in [-0.3, -0.25) is 4.68 Å². The van der Waals surface area contributed by atoms with Gasteiger partial charge in [-0.05, 0) is 6.92 Å². The summed E-state index contributed by atoms with van der Waals surface area (Å²) < 4.78 is 1.72. The van der Waals surface area contributed by atoms with Gasteiger partial charge in [0, 0.05) is 25.2 Å². The highest BCUT2D eigenvalue weighted by molar-refractivity contribution is 7.09. The Morgan fingerprint density at radius 3 is 2.81 bits per heavy atom. The van der Waals surface area contributed by atoms with Crippen LogP contribution in [0.15, 0.2) is 11.7 Å². The molecule has 0 unspecified atom stereocenters. The predicted molar refractivity (Wildman–Crippen MR) is 66.6 cm³/mol. The molecule has 0 aliphatic rings. The summed E-state index contributed by atoms with van der Waals surface area (Å²) in [5, 5.41) is 4.32. The molecule has 2 aromatic heterocycles. The summed E-state index contributed by atoms with van der Waals surface area (Å²) in [5.74, 6) is 0.815. The van der Waals surface area contributed by atoms with Gasteiger partial charge in [0.15, 0.2) is 5.82 Å². The summed E-state index contributed by atoms with van der Waals surface area (Å²) >= 11 is 1.66. The number of hydrogen-bond acceptors (Lipinski definition) is 5. The molecule has 0 spiro atoms. The normalized spacial score (nSPS) is 10.7. The van der Waals surface area contributed by atoms with E-state index in [1.165, 1.54) is 4.88 Å². The molecule has 0 atom stereocenters. The molecule has 86 valence electrons. The fourth-order valence-corrected chi connectivity index (χ4v) is 2.39. The monoisotopic (exact) mass is 237 g/mol. The zero-order valence-electron chi connectivity index (χ0n) is 9.64. The number of nitrogens with zero attached hydrogens (tertiary/aromatic N) is 4. The Kier molecular flexibility index (Phi) is 2.82. The van der Waals surface area contributed by atoms with Gasteiger partial charge in [0.1, 0.15) is 0 Å². The van der Waals surface area contributed by atoms with Crippen LogP contribution in [0.1, 0.15) is 10.6 Å². The molecule has 5 nitrogen and oxygen atoms in total. The minimum absolute atomic E-state index is 0.701. The van der Waals surface area contributed by atoms with Crippen LogP contribution < -0.4 is 10.6 Å². The largest absolute Gasteiger partial charge is 0.394 e. The maximum Gasteiger partial charge on any atom is 0.173 e. The molecule has 0 aromatic carbocycles. The summed E-state index contributed by atoms with van der Waals surface area (Å²) in [4.78, 5) is 7.51. The van der Waals surface area contributed by atoms with E-state index < -0.39 is 0 Å². The number of thiazole rings is 1. The van der Waals surface area contributed by atoms with E-state index in [0.29, 0.717) is 5.69 Å². The van der Waals surface area contributed by atoms with Crippen LogP contribution in [0, 0.1) is 6.92 Å². The Bertz CT molecular complexity index is 487. The highest BCUT2D eigenvalue weighted by Gasteiger charge is 2.12. The van der Waals surface area contributed by atoms with Gasteiger partial charge < -0.3 is 10.6 Å². The molecule has 0 radical (unpaired) electrons. The first-order chi connectivity index (χ1) is 7.58. The zero-order chi connectivity index (χ0) is 11.7. The quantitative estimate of drug-likeness (QED) is 0.876. The molecule has 2 N–H and O–H groups in total. The molecule has 0 bridgehead atoms. The van der Waals surface area contributed by atoms with Crippen molar-refractivity contribution in [2.45, 2.75) is 13.5 Å². The fourth-order valence-electron chi connectivity index (χ4n) is 1.56. The highest BCUT2D eigenvalue weighted by atomic mass is 32.1. The van der Waals surface area contributed by atoms with Crippen LogP contribution in [0.25, 0.3) is 0 Å². The number of aromatic nitrogens is 3. The molecule has 2 heterocycles. The Morgan fingerprint density at radius 2 is 2.31 bits per heavy atom. The summed E-state index contributed by atoms with van der Waals surface area (Å²) in [7, 11) is 3.85. The number of aryl methyl sites for hydroxylation is 2. The Morgan fingerprint density at radius 1 is 1.56 bits per heavy atom. The van der Waals surface area contributed by atoms with Gasteiger partial charge >= 0.3 is 0 Å².